The van der Waals surface area contributed by atoms with E-state index in [1.165, 1.54) is 5.56 Å². The largest absolute Gasteiger partial charge is 0.336 e. The van der Waals surface area contributed by atoms with Crippen molar-refractivity contribution < 1.29 is 0 Å². The maximum atomic E-state index is 6.17. The fourth-order valence-electron chi connectivity index (χ4n) is 4.03. The number of nitrogens with zero attached hydrogens (tertiary/aromatic N) is 5. The molecule has 31 heavy (non-hydrogen) atoms. The van der Waals surface area contributed by atoms with Crippen molar-refractivity contribution >= 4 is 29.2 Å². The molecule has 1 aromatic carbocycles. The molecule has 1 saturated heterocycles. The smallest absolute Gasteiger partial charge is 0.226 e. The van der Waals surface area contributed by atoms with Crippen molar-refractivity contribution in [3.8, 4) is 11.3 Å². The third-order valence-corrected chi connectivity index (χ3v) is 6.35. The summed E-state index contributed by atoms with van der Waals surface area (Å²) in [5.41, 5.74) is 8.97. The van der Waals surface area contributed by atoms with Gasteiger partial charge in [-0.1, -0.05) is 29.3 Å². The quantitative estimate of drug-likeness (QED) is 0.571. The first-order valence-corrected chi connectivity index (χ1v) is 11.3. The van der Waals surface area contributed by atoms with Crippen LogP contribution >= 0.6 is 23.2 Å². The fourth-order valence-corrected chi connectivity index (χ4v) is 4.35. The monoisotopic (exact) mass is 456 g/mol. The van der Waals surface area contributed by atoms with Crippen LogP contribution in [0.4, 0.5) is 5.95 Å². The summed E-state index contributed by atoms with van der Waals surface area (Å²) in [6.07, 6.45) is 7.45. The first kappa shape index (κ1) is 22.0. The normalized spacial score (nSPS) is 15.2. The van der Waals surface area contributed by atoms with Crippen LogP contribution in [0.25, 0.3) is 11.3 Å². The number of likely N-dealkylation sites (tertiary alicyclic amines) is 1. The minimum absolute atomic E-state index is 0.359. The Bertz CT molecular complexity index is 992. The van der Waals surface area contributed by atoms with Gasteiger partial charge in [-0.15, -0.1) is 0 Å². The van der Waals surface area contributed by atoms with Crippen LogP contribution in [0.3, 0.4) is 0 Å². The van der Waals surface area contributed by atoms with Crippen molar-refractivity contribution in [2.45, 2.75) is 25.4 Å². The Morgan fingerprint density at radius 3 is 2.61 bits per heavy atom. The third-order valence-electron chi connectivity index (χ3n) is 5.62. The number of benzene rings is 1. The first-order chi connectivity index (χ1) is 15.1. The molecule has 0 amide bonds. The Labute approximate surface area is 193 Å². The van der Waals surface area contributed by atoms with Gasteiger partial charge in [-0.2, -0.15) is 0 Å². The number of aromatic nitrogens is 3. The van der Waals surface area contributed by atoms with Crippen LogP contribution in [0.1, 0.15) is 18.4 Å². The molecule has 0 aliphatic carbocycles. The molecule has 0 unspecified atom stereocenters. The molecule has 0 atom stereocenters. The Balaban J connectivity index is 1.43. The van der Waals surface area contributed by atoms with Gasteiger partial charge < -0.3 is 10.6 Å². The zero-order valence-electron chi connectivity index (χ0n) is 17.3. The maximum absolute atomic E-state index is 6.17. The number of piperidine rings is 1. The average molecular weight is 457 g/mol. The van der Waals surface area contributed by atoms with E-state index in [-0.39, 0.29) is 0 Å². The van der Waals surface area contributed by atoms with Crippen LogP contribution in [-0.2, 0) is 6.54 Å². The van der Waals surface area contributed by atoms with Gasteiger partial charge in [0, 0.05) is 62.9 Å². The lowest BCUT2D eigenvalue weighted by atomic mass is 10.0. The molecule has 1 aliphatic rings. The number of hydrogen-bond donors (Lipinski definition) is 1. The number of nitrogens with two attached hydrogens (primary N) is 1. The lowest BCUT2D eigenvalue weighted by molar-refractivity contribution is 0.201. The van der Waals surface area contributed by atoms with Crippen LogP contribution in [0.2, 0.25) is 10.0 Å². The Morgan fingerprint density at radius 2 is 1.90 bits per heavy atom. The van der Waals surface area contributed by atoms with Crippen molar-refractivity contribution in [3.05, 3.63) is 70.6 Å². The molecule has 0 radical (unpaired) electrons. The van der Waals surface area contributed by atoms with Crippen molar-refractivity contribution in [2.24, 2.45) is 5.73 Å². The molecule has 2 aromatic heterocycles. The second-order valence-corrected chi connectivity index (χ2v) is 8.54. The lowest BCUT2D eigenvalue weighted by Gasteiger charge is -2.38. The highest BCUT2D eigenvalue weighted by Gasteiger charge is 2.26. The first-order valence-electron chi connectivity index (χ1n) is 10.5. The second kappa shape index (κ2) is 10.4. The predicted molar refractivity (Wildman–Crippen MR) is 126 cm³/mol. The van der Waals surface area contributed by atoms with Crippen molar-refractivity contribution in [3.63, 3.8) is 0 Å². The molecule has 0 saturated carbocycles. The second-order valence-electron chi connectivity index (χ2n) is 7.72. The third kappa shape index (κ3) is 5.52. The summed E-state index contributed by atoms with van der Waals surface area (Å²) in [6.45, 7) is 4.15. The molecule has 8 heteroatoms. The van der Waals surface area contributed by atoms with Crippen molar-refractivity contribution in [1.29, 1.82) is 0 Å². The molecule has 0 bridgehead atoms. The summed E-state index contributed by atoms with van der Waals surface area (Å²) in [5, 5.41) is 1.20. The summed E-state index contributed by atoms with van der Waals surface area (Å²) < 4.78 is 0. The van der Waals surface area contributed by atoms with E-state index in [0.717, 1.165) is 56.2 Å². The zero-order valence-corrected chi connectivity index (χ0v) is 18.8. The van der Waals surface area contributed by atoms with E-state index in [1.54, 1.807) is 6.20 Å². The predicted octanol–water partition coefficient (Wildman–Crippen LogP) is 4.28. The zero-order chi connectivity index (χ0) is 21.6. The highest BCUT2D eigenvalue weighted by molar-refractivity contribution is 6.42. The van der Waals surface area contributed by atoms with Crippen LogP contribution in [0.5, 0.6) is 0 Å². The maximum Gasteiger partial charge on any atom is 0.226 e. The van der Waals surface area contributed by atoms with Gasteiger partial charge in [0.2, 0.25) is 5.95 Å². The molecule has 1 aliphatic heterocycles. The molecule has 6 nitrogen and oxygen atoms in total. The SMILES string of the molecule is NCCN(c1nccc(-c2cccnc2)n1)C1CCN(Cc2ccc(Cl)c(Cl)c2)CC1. The van der Waals surface area contributed by atoms with Gasteiger partial charge in [0.15, 0.2) is 0 Å². The molecular formula is C23H26Cl2N6. The standard InChI is InChI=1S/C23H26Cl2N6/c24-20-4-3-17(14-21(20)25)16-30-11-6-19(7-12-30)31(13-8-26)23-28-10-5-22(29-23)18-2-1-9-27-15-18/h1-5,9-10,14-15,19H,6-8,11-13,16,26H2. The summed E-state index contributed by atoms with van der Waals surface area (Å²) in [4.78, 5) is 18.3. The van der Waals surface area contributed by atoms with E-state index < -0.39 is 0 Å². The van der Waals surface area contributed by atoms with E-state index in [2.05, 4.69) is 19.8 Å². The summed E-state index contributed by atoms with van der Waals surface area (Å²) in [7, 11) is 0. The van der Waals surface area contributed by atoms with Gasteiger partial charge >= 0.3 is 0 Å². The fraction of sp³-hybridized carbons (Fsp3) is 0.348. The van der Waals surface area contributed by atoms with Gasteiger partial charge in [-0.3, -0.25) is 9.88 Å². The summed E-state index contributed by atoms with van der Waals surface area (Å²) in [5.74, 6) is 0.731. The van der Waals surface area contributed by atoms with Crippen LogP contribution in [0, 0.1) is 0 Å². The average Bonchev–Trinajstić information content (AvgIpc) is 2.81. The molecule has 4 rings (SSSR count). The van der Waals surface area contributed by atoms with Gasteiger partial charge in [-0.05, 0) is 48.7 Å². The van der Waals surface area contributed by atoms with Crippen LogP contribution in [-0.4, -0.2) is 52.1 Å². The Morgan fingerprint density at radius 1 is 1.06 bits per heavy atom. The van der Waals surface area contributed by atoms with E-state index in [4.69, 9.17) is 33.9 Å². The molecule has 3 heterocycles. The lowest BCUT2D eigenvalue weighted by Crippen LogP contribution is -2.47. The minimum Gasteiger partial charge on any atom is -0.336 e. The number of rotatable bonds is 7. The number of pyridine rings is 1. The van der Waals surface area contributed by atoms with Gasteiger partial charge in [0.05, 0.1) is 15.7 Å². The van der Waals surface area contributed by atoms with Gasteiger partial charge in [0.25, 0.3) is 0 Å². The van der Waals surface area contributed by atoms with E-state index in [1.807, 2.05) is 48.8 Å². The van der Waals surface area contributed by atoms with E-state index >= 15 is 0 Å². The Kier molecular flexibility index (Phi) is 7.35. The van der Waals surface area contributed by atoms with Crippen LogP contribution in [0.15, 0.2) is 55.0 Å². The van der Waals surface area contributed by atoms with Gasteiger partial charge in [0.1, 0.15) is 0 Å². The topological polar surface area (TPSA) is 71.2 Å². The van der Waals surface area contributed by atoms with Crippen molar-refractivity contribution in [1.82, 2.24) is 19.9 Å². The number of halogens is 2. The highest BCUT2D eigenvalue weighted by Crippen LogP contribution is 2.26. The van der Waals surface area contributed by atoms with E-state index in [9.17, 15) is 0 Å². The molecular weight excluding hydrogens is 431 g/mol. The number of anilines is 1. The van der Waals surface area contributed by atoms with Crippen LogP contribution < -0.4 is 10.6 Å². The highest BCUT2D eigenvalue weighted by atomic mass is 35.5. The molecule has 1 fully saturated rings. The minimum atomic E-state index is 0.359. The number of hydrogen-bond acceptors (Lipinski definition) is 6. The summed E-state index contributed by atoms with van der Waals surface area (Å²) >= 11 is 12.2. The molecule has 3 aromatic rings. The summed E-state index contributed by atoms with van der Waals surface area (Å²) in [6, 6.07) is 12.1. The Hall–Kier alpha value is -2.25. The molecule has 162 valence electrons. The molecule has 2 N–H and O–H groups in total. The van der Waals surface area contributed by atoms with Crippen molar-refractivity contribution in [2.75, 3.05) is 31.1 Å². The van der Waals surface area contributed by atoms with Gasteiger partial charge in [-0.25, -0.2) is 9.97 Å². The van der Waals surface area contributed by atoms with E-state index in [0.29, 0.717) is 22.6 Å². The molecule has 0 spiro atoms.